The number of hydrogen-bond donors (Lipinski definition) is 1. The molecule has 0 unspecified atom stereocenters. The maximum absolute atomic E-state index is 13.8. The second kappa shape index (κ2) is 7.45. The molecule has 5 rings (SSSR count). The number of ether oxygens (including phenoxy) is 1. The number of fused-ring (bicyclic) bond motifs is 1. The number of nitrogens with zero attached hydrogens (tertiary/aromatic N) is 1. The first kappa shape index (κ1) is 19.7. The van der Waals surface area contributed by atoms with Crippen LogP contribution in [-0.4, -0.2) is 16.4 Å². The van der Waals surface area contributed by atoms with Gasteiger partial charge in [0.25, 0.3) is 0 Å². The standard InChI is InChI=1S/C25H22F2N2O2/c1-15-10-18-22(30)12-25(8-3-9-25)31-23(18)11-17(15)16-6-7-24(28-13-16)29-14-19-20(26)4-2-5-21(19)27/h2,4-7,10-11,13H,3,8-9,12,14H2,1H3,(H,28,29). The topological polar surface area (TPSA) is 51.2 Å². The number of pyridine rings is 1. The lowest BCUT2D eigenvalue weighted by Crippen LogP contribution is -2.47. The first-order chi connectivity index (χ1) is 14.9. The molecule has 1 aliphatic heterocycles. The lowest BCUT2D eigenvalue weighted by atomic mass is 9.74. The van der Waals surface area contributed by atoms with Crippen LogP contribution in [0, 0.1) is 18.6 Å². The van der Waals surface area contributed by atoms with Crippen molar-refractivity contribution in [3.8, 4) is 16.9 Å². The van der Waals surface area contributed by atoms with Crippen molar-refractivity contribution >= 4 is 11.6 Å². The van der Waals surface area contributed by atoms with E-state index in [1.165, 1.54) is 18.2 Å². The number of rotatable bonds is 4. The Balaban J connectivity index is 1.37. The van der Waals surface area contributed by atoms with Crippen molar-refractivity contribution in [2.75, 3.05) is 5.32 Å². The molecule has 6 heteroatoms. The summed E-state index contributed by atoms with van der Waals surface area (Å²) in [7, 11) is 0. The summed E-state index contributed by atoms with van der Waals surface area (Å²) in [5.41, 5.74) is 3.11. The molecule has 3 aromatic rings. The average Bonchev–Trinajstić information content (AvgIpc) is 2.73. The van der Waals surface area contributed by atoms with Gasteiger partial charge < -0.3 is 10.1 Å². The normalized spacial score (nSPS) is 16.4. The minimum atomic E-state index is -0.590. The molecule has 1 spiro atoms. The van der Waals surface area contributed by atoms with Crippen LogP contribution in [0.5, 0.6) is 5.75 Å². The zero-order valence-electron chi connectivity index (χ0n) is 17.2. The Hall–Kier alpha value is -3.28. The van der Waals surface area contributed by atoms with Gasteiger partial charge >= 0.3 is 0 Å². The highest BCUT2D eigenvalue weighted by molar-refractivity contribution is 6.01. The number of aromatic nitrogens is 1. The van der Waals surface area contributed by atoms with Crippen molar-refractivity contribution in [1.29, 1.82) is 0 Å². The fourth-order valence-corrected chi connectivity index (χ4v) is 4.35. The minimum absolute atomic E-state index is 0.000754. The number of ketones is 1. The van der Waals surface area contributed by atoms with Crippen molar-refractivity contribution in [2.24, 2.45) is 0 Å². The zero-order valence-corrected chi connectivity index (χ0v) is 17.2. The number of halogens is 2. The molecule has 31 heavy (non-hydrogen) atoms. The molecular weight excluding hydrogens is 398 g/mol. The molecule has 0 saturated heterocycles. The molecule has 158 valence electrons. The van der Waals surface area contributed by atoms with Gasteiger partial charge in [-0.2, -0.15) is 0 Å². The van der Waals surface area contributed by atoms with Crippen molar-refractivity contribution < 1.29 is 18.3 Å². The Kier molecular flexibility index (Phi) is 4.73. The van der Waals surface area contributed by atoms with E-state index in [4.69, 9.17) is 4.74 Å². The summed E-state index contributed by atoms with van der Waals surface area (Å²) in [5.74, 6) is 0.129. The van der Waals surface area contributed by atoms with E-state index in [0.717, 1.165) is 36.0 Å². The van der Waals surface area contributed by atoms with E-state index in [1.807, 2.05) is 25.1 Å². The largest absolute Gasteiger partial charge is 0.486 e. The molecule has 1 aliphatic carbocycles. The van der Waals surface area contributed by atoms with E-state index in [0.29, 0.717) is 23.6 Å². The highest BCUT2D eigenvalue weighted by atomic mass is 19.1. The van der Waals surface area contributed by atoms with Crippen molar-refractivity contribution in [3.05, 3.63) is 77.0 Å². The number of nitrogens with one attached hydrogen (secondary N) is 1. The summed E-state index contributed by atoms with van der Waals surface area (Å²) in [4.78, 5) is 17.0. The highest BCUT2D eigenvalue weighted by Crippen LogP contribution is 2.46. The van der Waals surface area contributed by atoms with Crippen LogP contribution in [0.3, 0.4) is 0 Å². The lowest BCUT2D eigenvalue weighted by molar-refractivity contribution is -0.0177. The third-order valence-corrected chi connectivity index (χ3v) is 6.28. The number of aryl methyl sites for hydroxylation is 1. The summed E-state index contributed by atoms with van der Waals surface area (Å²) in [5, 5.41) is 2.96. The number of carbonyl (C=O) groups is 1. The van der Waals surface area contributed by atoms with E-state index in [1.54, 1.807) is 12.3 Å². The third kappa shape index (κ3) is 3.56. The number of Topliss-reactive ketones (excluding diaryl/α,β-unsaturated/α-hetero) is 1. The van der Waals surface area contributed by atoms with Crippen LogP contribution in [-0.2, 0) is 6.54 Å². The molecule has 0 atom stereocenters. The van der Waals surface area contributed by atoms with Gasteiger partial charge in [-0.3, -0.25) is 4.79 Å². The van der Waals surface area contributed by atoms with E-state index in [9.17, 15) is 13.6 Å². The van der Waals surface area contributed by atoms with Gasteiger partial charge in [-0.15, -0.1) is 0 Å². The van der Waals surface area contributed by atoms with Crippen LogP contribution in [0.25, 0.3) is 11.1 Å². The van der Waals surface area contributed by atoms with Gasteiger partial charge in [-0.25, -0.2) is 13.8 Å². The molecule has 1 fully saturated rings. The molecular formula is C25H22F2N2O2. The molecule has 0 amide bonds. The Bertz CT molecular complexity index is 1150. The summed E-state index contributed by atoms with van der Waals surface area (Å²) in [6, 6.07) is 11.3. The van der Waals surface area contributed by atoms with Crippen LogP contribution < -0.4 is 10.1 Å². The first-order valence-corrected chi connectivity index (χ1v) is 10.4. The van der Waals surface area contributed by atoms with Gasteiger partial charge in [0.1, 0.15) is 28.8 Å². The monoisotopic (exact) mass is 420 g/mol. The average molecular weight is 420 g/mol. The van der Waals surface area contributed by atoms with Crippen molar-refractivity contribution in [1.82, 2.24) is 4.98 Å². The number of benzene rings is 2. The SMILES string of the molecule is Cc1cc2c(cc1-c1ccc(NCc3c(F)cccc3F)nc1)OC1(CCC1)CC2=O. The van der Waals surface area contributed by atoms with E-state index < -0.39 is 11.6 Å². The van der Waals surface area contributed by atoms with E-state index in [-0.39, 0.29) is 23.5 Å². The number of hydrogen-bond acceptors (Lipinski definition) is 4. The molecule has 4 nitrogen and oxygen atoms in total. The van der Waals surface area contributed by atoms with Crippen molar-refractivity contribution in [3.63, 3.8) is 0 Å². The highest BCUT2D eigenvalue weighted by Gasteiger charge is 2.45. The maximum atomic E-state index is 13.8. The van der Waals surface area contributed by atoms with E-state index in [2.05, 4.69) is 10.3 Å². The summed E-state index contributed by atoms with van der Waals surface area (Å²) in [6.45, 7) is 1.96. The van der Waals surface area contributed by atoms with Crippen LogP contribution in [0.2, 0.25) is 0 Å². The Morgan fingerprint density at radius 1 is 1.10 bits per heavy atom. The molecule has 0 radical (unpaired) electrons. The van der Waals surface area contributed by atoms with Gasteiger partial charge in [0.2, 0.25) is 0 Å². The molecule has 1 aromatic heterocycles. The molecule has 2 aliphatic rings. The number of anilines is 1. The summed E-state index contributed by atoms with van der Waals surface area (Å²) >= 11 is 0. The Morgan fingerprint density at radius 2 is 1.87 bits per heavy atom. The minimum Gasteiger partial charge on any atom is -0.486 e. The molecule has 2 heterocycles. The fourth-order valence-electron chi connectivity index (χ4n) is 4.35. The maximum Gasteiger partial charge on any atom is 0.170 e. The van der Waals surface area contributed by atoms with Crippen LogP contribution >= 0.6 is 0 Å². The second-order valence-corrected chi connectivity index (χ2v) is 8.39. The van der Waals surface area contributed by atoms with Gasteiger partial charge in [0, 0.05) is 23.9 Å². The molecule has 1 N–H and O–H groups in total. The van der Waals surface area contributed by atoms with Crippen LogP contribution in [0.1, 0.15) is 47.2 Å². The first-order valence-electron chi connectivity index (χ1n) is 10.4. The molecule has 2 aromatic carbocycles. The van der Waals surface area contributed by atoms with Crippen LogP contribution in [0.15, 0.2) is 48.7 Å². The Morgan fingerprint density at radius 3 is 2.52 bits per heavy atom. The summed E-state index contributed by atoms with van der Waals surface area (Å²) < 4.78 is 33.8. The number of carbonyl (C=O) groups excluding carboxylic acids is 1. The third-order valence-electron chi connectivity index (χ3n) is 6.28. The lowest BCUT2D eigenvalue weighted by Gasteiger charge is -2.44. The fraction of sp³-hybridized carbons (Fsp3) is 0.280. The van der Waals surface area contributed by atoms with Gasteiger partial charge in [0.05, 0.1) is 12.0 Å². The van der Waals surface area contributed by atoms with Crippen LogP contribution in [0.4, 0.5) is 14.6 Å². The summed E-state index contributed by atoms with van der Waals surface area (Å²) in [6.07, 6.45) is 5.11. The second-order valence-electron chi connectivity index (χ2n) is 8.39. The Labute approximate surface area is 179 Å². The predicted molar refractivity (Wildman–Crippen MR) is 114 cm³/mol. The zero-order chi connectivity index (χ0) is 21.6. The van der Waals surface area contributed by atoms with Crippen molar-refractivity contribution in [2.45, 2.75) is 44.8 Å². The smallest absolute Gasteiger partial charge is 0.170 e. The van der Waals surface area contributed by atoms with Gasteiger partial charge in [-0.05, 0) is 73.7 Å². The quantitative estimate of drug-likeness (QED) is 0.577. The van der Waals surface area contributed by atoms with E-state index >= 15 is 0 Å². The van der Waals surface area contributed by atoms with Gasteiger partial charge in [0.15, 0.2) is 5.78 Å². The molecule has 0 bridgehead atoms. The van der Waals surface area contributed by atoms with Gasteiger partial charge in [-0.1, -0.05) is 6.07 Å². The predicted octanol–water partition coefficient (Wildman–Crippen LogP) is 5.84. The molecule has 1 saturated carbocycles.